The Morgan fingerprint density at radius 1 is 1.42 bits per heavy atom. The van der Waals surface area contributed by atoms with Gasteiger partial charge >= 0.3 is 7.60 Å². The van der Waals surface area contributed by atoms with E-state index in [0.717, 1.165) is 6.54 Å². The van der Waals surface area contributed by atoms with E-state index in [0.29, 0.717) is 26.4 Å². The number of carbonyl (C=O) groups is 1. The lowest BCUT2D eigenvalue weighted by Gasteiger charge is -2.23. The second-order valence-electron chi connectivity index (χ2n) is 4.02. The molecule has 0 saturated carbocycles. The van der Waals surface area contributed by atoms with Crippen LogP contribution in [0, 0.1) is 0 Å². The van der Waals surface area contributed by atoms with Crippen LogP contribution in [0.3, 0.4) is 0 Å². The predicted octanol–water partition coefficient (Wildman–Crippen LogP) is 0.357. The SMILES string of the molecule is CCOP(=O)(CCNC(=O)C1CNCCO1)OCC. The number of hydrogen-bond donors (Lipinski definition) is 2. The summed E-state index contributed by atoms with van der Waals surface area (Å²) in [6.07, 6.45) is -0.312. The average molecular weight is 294 g/mol. The summed E-state index contributed by atoms with van der Waals surface area (Å²) >= 11 is 0. The molecule has 1 rings (SSSR count). The van der Waals surface area contributed by atoms with Crippen molar-refractivity contribution in [1.82, 2.24) is 10.6 Å². The summed E-state index contributed by atoms with van der Waals surface area (Å²) in [5, 5.41) is 5.76. The molecule has 0 aromatic rings. The summed E-state index contributed by atoms with van der Waals surface area (Å²) in [6, 6.07) is 0. The van der Waals surface area contributed by atoms with Gasteiger partial charge in [0.2, 0.25) is 5.91 Å². The molecule has 8 heteroatoms. The minimum absolute atomic E-state index is 0.167. The fourth-order valence-corrected chi connectivity index (χ4v) is 3.23. The molecule has 0 spiro atoms. The molecule has 112 valence electrons. The summed E-state index contributed by atoms with van der Waals surface area (Å²) < 4.78 is 27.7. The molecular weight excluding hydrogens is 271 g/mol. The lowest BCUT2D eigenvalue weighted by Crippen LogP contribution is -2.48. The van der Waals surface area contributed by atoms with Gasteiger partial charge in [0.25, 0.3) is 0 Å². The molecule has 0 aromatic heterocycles. The molecule has 0 aliphatic carbocycles. The Labute approximate surface area is 113 Å². The number of carbonyl (C=O) groups excluding carboxylic acids is 1. The first kappa shape index (κ1) is 16.6. The van der Waals surface area contributed by atoms with Crippen LogP contribution in [0.15, 0.2) is 0 Å². The zero-order valence-corrected chi connectivity index (χ0v) is 12.4. The summed E-state index contributed by atoms with van der Waals surface area (Å²) in [7, 11) is -3.09. The van der Waals surface area contributed by atoms with E-state index in [1.807, 2.05) is 0 Å². The van der Waals surface area contributed by atoms with Gasteiger partial charge in [-0.05, 0) is 13.8 Å². The molecule has 7 nitrogen and oxygen atoms in total. The van der Waals surface area contributed by atoms with Gasteiger partial charge in [0, 0.05) is 19.6 Å². The molecule has 1 atom stereocenters. The summed E-state index contributed by atoms with van der Waals surface area (Å²) in [5.74, 6) is -0.202. The van der Waals surface area contributed by atoms with E-state index >= 15 is 0 Å². The van der Waals surface area contributed by atoms with E-state index in [-0.39, 0.29) is 18.6 Å². The Bertz CT molecular complexity index is 310. The van der Waals surface area contributed by atoms with Crippen molar-refractivity contribution in [2.45, 2.75) is 20.0 Å². The van der Waals surface area contributed by atoms with Gasteiger partial charge in [-0.25, -0.2) is 0 Å². The molecule has 2 N–H and O–H groups in total. The fourth-order valence-electron chi connectivity index (χ4n) is 1.72. The van der Waals surface area contributed by atoms with Crippen LogP contribution in [-0.4, -0.2) is 57.6 Å². The number of ether oxygens (including phenoxy) is 1. The van der Waals surface area contributed by atoms with Crippen molar-refractivity contribution in [3.8, 4) is 0 Å². The largest absolute Gasteiger partial charge is 0.366 e. The van der Waals surface area contributed by atoms with Gasteiger partial charge in [-0.2, -0.15) is 0 Å². The Kier molecular flexibility index (Phi) is 7.56. The van der Waals surface area contributed by atoms with Crippen LogP contribution in [0.1, 0.15) is 13.8 Å². The van der Waals surface area contributed by atoms with Crippen LogP contribution in [-0.2, 0) is 23.1 Å². The highest BCUT2D eigenvalue weighted by atomic mass is 31.2. The van der Waals surface area contributed by atoms with E-state index < -0.39 is 13.7 Å². The monoisotopic (exact) mass is 294 g/mol. The van der Waals surface area contributed by atoms with Gasteiger partial charge < -0.3 is 24.4 Å². The molecule has 1 saturated heterocycles. The van der Waals surface area contributed by atoms with Crippen molar-refractivity contribution in [2.24, 2.45) is 0 Å². The van der Waals surface area contributed by atoms with Crippen LogP contribution in [0.5, 0.6) is 0 Å². The number of hydrogen-bond acceptors (Lipinski definition) is 6. The van der Waals surface area contributed by atoms with Crippen molar-refractivity contribution in [3.63, 3.8) is 0 Å². The maximum atomic E-state index is 12.1. The highest BCUT2D eigenvalue weighted by Crippen LogP contribution is 2.47. The Hall–Kier alpha value is -0.460. The quantitative estimate of drug-likeness (QED) is 0.629. The van der Waals surface area contributed by atoms with Crippen LogP contribution >= 0.6 is 7.60 Å². The van der Waals surface area contributed by atoms with Gasteiger partial charge in [-0.1, -0.05) is 0 Å². The number of rotatable bonds is 8. The van der Waals surface area contributed by atoms with Crippen molar-refractivity contribution >= 4 is 13.5 Å². The molecule has 0 aromatic carbocycles. The van der Waals surface area contributed by atoms with Gasteiger partial charge in [-0.15, -0.1) is 0 Å². The summed E-state index contributed by atoms with van der Waals surface area (Å²) in [4.78, 5) is 11.8. The topological polar surface area (TPSA) is 85.9 Å². The first-order valence-corrected chi connectivity index (χ1v) is 8.32. The normalized spacial score (nSPS) is 20.2. The number of morpholine rings is 1. The fraction of sp³-hybridized carbons (Fsp3) is 0.909. The molecule has 19 heavy (non-hydrogen) atoms. The van der Waals surface area contributed by atoms with Crippen LogP contribution in [0.4, 0.5) is 0 Å². The second-order valence-corrected chi connectivity index (χ2v) is 6.21. The maximum Gasteiger partial charge on any atom is 0.332 e. The van der Waals surface area contributed by atoms with Crippen molar-refractivity contribution in [3.05, 3.63) is 0 Å². The van der Waals surface area contributed by atoms with E-state index in [1.54, 1.807) is 13.8 Å². The van der Waals surface area contributed by atoms with Gasteiger partial charge in [0.05, 0.1) is 26.0 Å². The van der Waals surface area contributed by atoms with Crippen molar-refractivity contribution < 1.29 is 23.1 Å². The Morgan fingerprint density at radius 2 is 2.11 bits per heavy atom. The second kappa shape index (κ2) is 8.66. The summed E-state index contributed by atoms with van der Waals surface area (Å²) in [6.45, 7) is 6.18. The average Bonchev–Trinajstić information content (AvgIpc) is 2.40. The Balaban J connectivity index is 2.30. The zero-order valence-electron chi connectivity index (χ0n) is 11.5. The zero-order chi connectivity index (χ0) is 14.1. The van der Waals surface area contributed by atoms with E-state index in [1.165, 1.54) is 0 Å². The first-order valence-electron chi connectivity index (χ1n) is 6.59. The van der Waals surface area contributed by atoms with Crippen molar-refractivity contribution in [1.29, 1.82) is 0 Å². The highest BCUT2D eigenvalue weighted by molar-refractivity contribution is 7.53. The van der Waals surface area contributed by atoms with Crippen LogP contribution < -0.4 is 10.6 Å². The lowest BCUT2D eigenvalue weighted by atomic mass is 10.3. The van der Waals surface area contributed by atoms with Gasteiger partial charge in [0.15, 0.2) is 0 Å². The number of amides is 1. The van der Waals surface area contributed by atoms with E-state index in [2.05, 4.69) is 10.6 Å². The van der Waals surface area contributed by atoms with E-state index in [4.69, 9.17) is 13.8 Å². The minimum Gasteiger partial charge on any atom is -0.366 e. The third-order valence-electron chi connectivity index (χ3n) is 2.56. The molecule has 1 heterocycles. The molecule has 1 fully saturated rings. The molecule has 0 bridgehead atoms. The Morgan fingerprint density at radius 3 is 2.63 bits per heavy atom. The lowest BCUT2D eigenvalue weighted by molar-refractivity contribution is -0.134. The number of nitrogens with one attached hydrogen (secondary N) is 2. The van der Waals surface area contributed by atoms with Gasteiger partial charge in [-0.3, -0.25) is 9.36 Å². The third-order valence-corrected chi connectivity index (χ3v) is 4.63. The highest BCUT2D eigenvalue weighted by Gasteiger charge is 2.25. The predicted molar refractivity (Wildman–Crippen MR) is 71.3 cm³/mol. The molecule has 1 amide bonds. The summed E-state index contributed by atoms with van der Waals surface area (Å²) in [5.41, 5.74) is 0. The third kappa shape index (κ3) is 6.01. The van der Waals surface area contributed by atoms with Crippen LogP contribution in [0.25, 0.3) is 0 Å². The molecule has 1 unspecified atom stereocenters. The first-order chi connectivity index (χ1) is 9.11. The molecular formula is C11H23N2O5P. The molecule has 0 radical (unpaired) electrons. The minimum atomic E-state index is -3.09. The van der Waals surface area contributed by atoms with Crippen molar-refractivity contribution in [2.75, 3.05) is 45.6 Å². The smallest absolute Gasteiger partial charge is 0.332 e. The standard InChI is InChI=1S/C11H23N2O5P/c1-3-17-19(15,18-4-2)8-6-13-11(14)10-9-12-5-7-16-10/h10,12H,3-9H2,1-2H3,(H,13,14). The molecule has 1 aliphatic rings. The van der Waals surface area contributed by atoms with Crippen LogP contribution in [0.2, 0.25) is 0 Å². The van der Waals surface area contributed by atoms with Gasteiger partial charge in [0.1, 0.15) is 6.10 Å². The van der Waals surface area contributed by atoms with E-state index in [9.17, 15) is 9.36 Å². The maximum absolute atomic E-state index is 12.1. The molecule has 1 aliphatic heterocycles.